The Balaban J connectivity index is 1.37. The third-order valence-corrected chi connectivity index (χ3v) is 4.78. The highest BCUT2D eigenvalue weighted by Gasteiger charge is 2.21. The Kier molecular flexibility index (Phi) is 4.52. The van der Waals surface area contributed by atoms with E-state index in [1.165, 1.54) is 11.1 Å². The summed E-state index contributed by atoms with van der Waals surface area (Å²) in [4.78, 5) is 18.9. The van der Waals surface area contributed by atoms with E-state index in [-0.39, 0.29) is 5.91 Å². The van der Waals surface area contributed by atoms with Gasteiger partial charge in [-0.2, -0.15) is 4.98 Å². The van der Waals surface area contributed by atoms with E-state index in [0.717, 1.165) is 24.1 Å². The van der Waals surface area contributed by atoms with Crippen molar-refractivity contribution in [1.82, 2.24) is 15.0 Å². The lowest BCUT2D eigenvalue weighted by Crippen LogP contribution is -2.36. The quantitative estimate of drug-likeness (QED) is 0.724. The van der Waals surface area contributed by atoms with Gasteiger partial charge in [0, 0.05) is 31.5 Å². The summed E-state index contributed by atoms with van der Waals surface area (Å²) in [5.74, 6) is 1.21. The summed E-state index contributed by atoms with van der Waals surface area (Å²) in [7, 11) is 0. The highest BCUT2D eigenvalue weighted by Crippen LogP contribution is 2.20. The second kappa shape index (κ2) is 7.12. The van der Waals surface area contributed by atoms with Crippen LogP contribution in [0.25, 0.3) is 11.4 Å². The summed E-state index contributed by atoms with van der Waals surface area (Å²) < 4.78 is 5.32. The van der Waals surface area contributed by atoms with Crippen molar-refractivity contribution < 1.29 is 9.32 Å². The minimum absolute atomic E-state index is 0.134. The van der Waals surface area contributed by atoms with Gasteiger partial charge >= 0.3 is 0 Å². The van der Waals surface area contributed by atoms with Gasteiger partial charge in [-0.25, -0.2) is 0 Å². The van der Waals surface area contributed by atoms with Crippen molar-refractivity contribution in [2.24, 2.45) is 0 Å². The fourth-order valence-corrected chi connectivity index (χ4v) is 3.34. The molecule has 132 valence electrons. The maximum Gasteiger partial charge on any atom is 0.227 e. The minimum Gasteiger partial charge on any atom is -0.339 e. The highest BCUT2D eigenvalue weighted by molar-refractivity contribution is 5.76. The third-order valence-electron chi connectivity index (χ3n) is 4.78. The van der Waals surface area contributed by atoms with Crippen molar-refractivity contribution in [3.05, 3.63) is 71.1 Å². The molecule has 26 heavy (non-hydrogen) atoms. The Hall–Kier alpha value is -2.95. The van der Waals surface area contributed by atoms with Crippen molar-refractivity contribution >= 4 is 5.91 Å². The maximum atomic E-state index is 12.5. The molecule has 0 saturated carbocycles. The first-order valence-electron chi connectivity index (χ1n) is 8.93. The number of hydrogen-bond acceptors (Lipinski definition) is 4. The number of rotatable bonds is 4. The van der Waals surface area contributed by atoms with Crippen LogP contribution in [0.15, 0.2) is 53.1 Å². The Morgan fingerprint density at radius 3 is 2.85 bits per heavy atom. The van der Waals surface area contributed by atoms with E-state index in [4.69, 9.17) is 4.52 Å². The predicted octanol–water partition coefficient (Wildman–Crippen LogP) is 3.56. The lowest BCUT2D eigenvalue weighted by atomic mass is 9.99. The summed E-state index contributed by atoms with van der Waals surface area (Å²) >= 11 is 0. The average Bonchev–Trinajstić information content (AvgIpc) is 3.15. The normalized spacial score (nSPS) is 13.5. The van der Waals surface area contributed by atoms with Crippen molar-refractivity contribution in [2.45, 2.75) is 32.7 Å². The Labute approximate surface area is 152 Å². The molecular weight excluding hydrogens is 326 g/mol. The number of nitrogens with zero attached hydrogens (tertiary/aromatic N) is 3. The Morgan fingerprint density at radius 2 is 2.00 bits per heavy atom. The molecule has 3 aromatic rings. The molecular formula is C21H21N3O2. The van der Waals surface area contributed by atoms with E-state index in [2.05, 4.69) is 28.3 Å². The molecule has 0 atom stereocenters. The molecule has 0 aliphatic carbocycles. The molecule has 1 aliphatic rings. The van der Waals surface area contributed by atoms with Gasteiger partial charge in [-0.05, 0) is 30.5 Å². The zero-order chi connectivity index (χ0) is 17.9. The number of fused-ring (bicyclic) bond motifs is 1. The molecule has 5 heteroatoms. The largest absolute Gasteiger partial charge is 0.339 e. The molecule has 2 aromatic carbocycles. The van der Waals surface area contributed by atoms with E-state index in [9.17, 15) is 4.79 Å². The minimum atomic E-state index is 0.134. The average molecular weight is 347 g/mol. The molecule has 1 amide bonds. The van der Waals surface area contributed by atoms with Crippen molar-refractivity contribution in [3.8, 4) is 11.4 Å². The number of amides is 1. The number of carbonyl (C=O) groups is 1. The molecule has 1 aliphatic heterocycles. The standard InChI is InChI=1S/C21H21N3O2/c1-15-5-4-8-17(13-15)21-22-19(26-23-21)9-10-20(25)24-12-11-16-6-2-3-7-18(16)14-24/h2-8,13H,9-12,14H2,1H3. The number of aromatic nitrogens is 2. The first-order chi connectivity index (χ1) is 12.7. The molecule has 0 spiro atoms. The van der Waals surface area contributed by atoms with Crippen LogP contribution in [0.4, 0.5) is 0 Å². The van der Waals surface area contributed by atoms with E-state index in [0.29, 0.717) is 31.1 Å². The molecule has 0 bridgehead atoms. The van der Waals surface area contributed by atoms with E-state index in [1.807, 2.05) is 42.2 Å². The summed E-state index contributed by atoms with van der Waals surface area (Å²) in [5.41, 5.74) is 4.66. The van der Waals surface area contributed by atoms with Crippen LogP contribution in [0.1, 0.15) is 29.0 Å². The molecule has 0 saturated heterocycles. The van der Waals surface area contributed by atoms with Gasteiger partial charge in [0.1, 0.15) is 0 Å². The smallest absolute Gasteiger partial charge is 0.227 e. The van der Waals surface area contributed by atoms with Gasteiger partial charge in [0.05, 0.1) is 0 Å². The zero-order valence-electron chi connectivity index (χ0n) is 14.8. The molecule has 0 radical (unpaired) electrons. The maximum absolute atomic E-state index is 12.5. The topological polar surface area (TPSA) is 59.2 Å². The van der Waals surface area contributed by atoms with Crippen molar-refractivity contribution in [3.63, 3.8) is 0 Å². The summed E-state index contributed by atoms with van der Waals surface area (Å²) in [6, 6.07) is 16.3. The van der Waals surface area contributed by atoms with E-state index in [1.54, 1.807) is 0 Å². The first kappa shape index (κ1) is 16.5. The van der Waals surface area contributed by atoms with Gasteiger partial charge in [0.2, 0.25) is 17.6 Å². The Morgan fingerprint density at radius 1 is 1.15 bits per heavy atom. The molecule has 2 heterocycles. The number of carbonyl (C=O) groups excluding carboxylic acids is 1. The van der Waals surface area contributed by atoms with E-state index >= 15 is 0 Å². The number of aryl methyl sites for hydroxylation is 2. The van der Waals surface area contributed by atoms with Gasteiger partial charge in [-0.15, -0.1) is 0 Å². The first-order valence-corrected chi connectivity index (χ1v) is 8.93. The predicted molar refractivity (Wildman–Crippen MR) is 98.4 cm³/mol. The molecule has 1 aromatic heterocycles. The number of benzene rings is 2. The molecule has 5 nitrogen and oxygen atoms in total. The van der Waals surface area contributed by atoms with Gasteiger partial charge in [-0.3, -0.25) is 4.79 Å². The van der Waals surface area contributed by atoms with Crippen LogP contribution in [0.2, 0.25) is 0 Å². The van der Waals surface area contributed by atoms with Crippen LogP contribution in [-0.4, -0.2) is 27.5 Å². The van der Waals surface area contributed by atoms with Crippen LogP contribution >= 0.6 is 0 Å². The number of hydrogen-bond donors (Lipinski definition) is 0. The van der Waals surface area contributed by atoms with Crippen LogP contribution in [-0.2, 0) is 24.2 Å². The fourth-order valence-electron chi connectivity index (χ4n) is 3.34. The van der Waals surface area contributed by atoms with Gasteiger partial charge in [0.15, 0.2) is 0 Å². The second-order valence-electron chi connectivity index (χ2n) is 6.72. The van der Waals surface area contributed by atoms with E-state index < -0.39 is 0 Å². The second-order valence-corrected chi connectivity index (χ2v) is 6.72. The summed E-state index contributed by atoms with van der Waals surface area (Å²) in [6.07, 6.45) is 1.77. The van der Waals surface area contributed by atoms with Gasteiger partial charge < -0.3 is 9.42 Å². The van der Waals surface area contributed by atoms with Crippen molar-refractivity contribution in [1.29, 1.82) is 0 Å². The zero-order valence-corrected chi connectivity index (χ0v) is 14.8. The highest BCUT2D eigenvalue weighted by atomic mass is 16.5. The van der Waals surface area contributed by atoms with Gasteiger partial charge in [0.25, 0.3) is 0 Å². The summed E-state index contributed by atoms with van der Waals surface area (Å²) in [6.45, 7) is 3.49. The van der Waals surface area contributed by atoms with Crippen LogP contribution in [0.3, 0.4) is 0 Å². The molecule has 0 N–H and O–H groups in total. The van der Waals surface area contributed by atoms with Crippen LogP contribution < -0.4 is 0 Å². The van der Waals surface area contributed by atoms with Gasteiger partial charge in [-0.1, -0.05) is 53.2 Å². The Bertz CT molecular complexity index is 932. The SMILES string of the molecule is Cc1cccc(-c2noc(CCC(=O)N3CCc4ccccc4C3)n2)c1. The third kappa shape index (κ3) is 3.52. The molecule has 0 fully saturated rings. The lowest BCUT2D eigenvalue weighted by molar-refractivity contribution is -0.132. The van der Waals surface area contributed by atoms with Crippen molar-refractivity contribution in [2.75, 3.05) is 6.54 Å². The summed E-state index contributed by atoms with van der Waals surface area (Å²) in [5, 5.41) is 4.04. The van der Waals surface area contributed by atoms with Crippen LogP contribution in [0, 0.1) is 6.92 Å². The molecule has 4 rings (SSSR count). The fraction of sp³-hybridized carbons (Fsp3) is 0.286. The monoisotopic (exact) mass is 347 g/mol. The van der Waals surface area contributed by atoms with Crippen LogP contribution in [0.5, 0.6) is 0 Å². The molecule has 0 unspecified atom stereocenters. The lowest BCUT2D eigenvalue weighted by Gasteiger charge is -2.28.